The van der Waals surface area contributed by atoms with E-state index in [1.165, 1.54) is 9.36 Å². The molecule has 128 valence electrons. The lowest BCUT2D eigenvalue weighted by Gasteiger charge is -2.08. The number of benzene rings is 2. The predicted molar refractivity (Wildman–Crippen MR) is 101 cm³/mol. The van der Waals surface area contributed by atoms with Gasteiger partial charge < -0.3 is 5.73 Å². The number of nitrogens with zero attached hydrogens (tertiary/aromatic N) is 3. The number of carbonyl (C=O) groups is 1. The number of nitrogen functional groups attached to an aromatic ring is 1. The Balaban J connectivity index is 1.84. The van der Waals surface area contributed by atoms with Crippen molar-refractivity contribution in [3.05, 3.63) is 70.0 Å². The lowest BCUT2D eigenvalue weighted by atomic mass is 10.1. The smallest absolute Gasteiger partial charge is 0.240 e. The van der Waals surface area contributed by atoms with Crippen LogP contribution in [0.2, 0.25) is 0 Å². The standard InChI is InChI=1S/C18H19N5OS/c1-12-5-3-7-14(9-12)16(24)11-22-18(25)23(17(19)21-22)20-15-8-4-6-13(2)10-15/h3-10,20H,11H2,1-2H3,(H2,19,21). The highest BCUT2D eigenvalue weighted by Crippen LogP contribution is 2.13. The van der Waals surface area contributed by atoms with E-state index in [-0.39, 0.29) is 18.3 Å². The summed E-state index contributed by atoms with van der Waals surface area (Å²) in [5, 5.41) is 4.19. The highest BCUT2D eigenvalue weighted by Gasteiger charge is 2.13. The summed E-state index contributed by atoms with van der Waals surface area (Å²) in [6, 6.07) is 15.2. The molecule has 0 aliphatic rings. The van der Waals surface area contributed by atoms with Gasteiger partial charge in [0.25, 0.3) is 0 Å². The number of anilines is 2. The Bertz CT molecular complexity index is 989. The summed E-state index contributed by atoms with van der Waals surface area (Å²) in [4.78, 5) is 12.5. The number of rotatable bonds is 5. The molecule has 3 rings (SSSR count). The van der Waals surface area contributed by atoms with Gasteiger partial charge in [-0.1, -0.05) is 35.9 Å². The molecule has 0 radical (unpaired) electrons. The number of hydrogen-bond acceptors (Lipinski definition) is 5. The molecule has 7 heteroatoms. The second kappa shape index (κ2) is 6.90. The third kappa shape index (κ3) is 3.77. The highest BCUT2D eigenvalue weighted by atomic mass is 32.1. The third-order valence-electron chi connectivity index (χ3n) is 3.76. The first-order valence-corrected chi connectivity index (χ1v) is 8.24. The van der Waals surface area contributed by atoms with Gasteiger partial charge in [-0.3, -0.25) is 10.2 Å². The predicted octanol–water partition coefficient (Wildman–Crippen LogP) is 3.37. The molecule has 0 fully saturated rings. The zero-order chi connectivity index (χ0) is 18.0. The summed E-state index contributed by atoms with van der Waals surface area (Å²) in [7, 11) is 0. The van der Waals surface area contributed by atoms with E-state index in [1.54, 1.807) is 6.07 Å². The van der Waals surface area contributed by atoms with Gasteiger partial charge in [-0.15, -0.1) is 5.10 Å². The second-order valence-electron chi connectivity index (χ2n) is 5.91. The van der Waals surface area contributed by atoms with Crippen LogP contribution in [-0.4, -0.2) is 20.2 Å². The molecule has 1 heterocycles. The van der Waals surface area contributed by atoms with Crippen molar-refractivity contribution in [1.29, 1.82) is 0 Å². The third-order valence-corrected chi connectivity index (χ3v) is 4.15. The number of hydrogen-bond donors (Lipinski definition) is 2. The lowest BCUT2D eigenvalue weighted by molar-refractivity contribution is 0.0967. The maximum atomic E-state index is 12.5. The molecule has 25 heavy (non-hydrogen) atoms. The first kappa shape index (κ1) is 16.9. The van der Waals surface area contributed by atoms with Crippen molar-refractivity contribution >= 4 is 29.6 Å². The molecule has 3 aromatic rings. The van der Waals surface area contributed by atoms with Crippen LogP contribution in [0, 0.1) is 18.6 Å². The molecule has 6 nitrogen and oxygen atoms in total. The zero-order valence-corrected chi connectivity index (χ0v) is 14.9. The maximum absolute atomic E-state index is 12.5. The van der Waals surface area contributed by atoms with Gasteiger partial charge >= 0.3 is 0 Å². The Morgan fingerprint density at radius 1 is 1.16 bits per heavy atom. The molecular formula is C18H19N5OS. The van der Waals surface area contributed by atoms with Crippen LogP contribution in [0.25, 0.3) is 0 Å². The minimum atomic E-state index is -0.0694. The lowest BCUT2D eigenvalue weighted by Crippen LogP contribution is -2.14. The molecule has 0 saturated heterocycles. The van der Waals surface area contributed by atoms with Gasteiger partial charge in [-0.05, 0) is 49.8 Å². The summed E-state index contributed by atoms with van der Waals surface area (Å²) < 4.78 is 3.26. The van der Waals surface area contributed by atoms with E-state index >= 15 is 0 Å². The van der Waals surface area contributed by atoms with Gasteiger partial charge in [0.1, 0.15) is 6.54 Å². The summed E-state index contributed by atoms with van der Waals surface area (Å²) in [5.74, 6) is 0.128. The average molecular weight is 353 g/mol. The van der Waals surface area contributed by atoms with Gasteiger partial charge in [-0.25, -0.2) is 4.68 Å². The number of aromatic nitrogens is 3. The molecule has 0 aliphatic carbocycles. The van der Waals surface area contributed by atoms with E-state index in [1.807, 2.05) is 56.3 Å². The van der Waals surface area contributed by atoms with Crippen molar-refractivity contribution < 1.29 is 4.79 Å². The molecule has 0 amide bonds. The van der Waals surface area contributed by atoms with Crippen molar-refractivity contribution in [3.63, 3.8) is 0 Å². The van der Waals surface area contributed by atoms with Gasteiger partial charge in [0, 0.05) is 5.56 Å². The Kier molecular flexibility index (Phi) is 4.67. The molecule has 0 spiro atoms. The van der Waals surface area contributed by atoms with Crippen LogP contribution in [0.5, 0.6) is 0 Å². The Labute approximate surface area is 150 Å². The highest BCUT2D eigenvalue weighted by molar-refractivity contribution is 7.71. The zero-order valence-electron chi connectivity index (χ0n) is 14.1. The minimum absolute atomic E-state index is 0.0367. The maximum Gasteiger partial charge on any atom is 0.240 e. The molecule has 0 atom stereocenters. The van der Waals surface area contributed by atoms with Crippen LogP contribution in [-0.2, 0) is 6.54 Å². The van der Waals surface area contributed by atoms with Crippen molar-refractivity contribution in [2.45, 2.75) is 20.4 Å². The average Bonchev–Trinajstić information content (AvgIpc) is 2.82. The van der Waals surface area contributed by atoms with Gasteiger partial charge in [0.2, 0.25) is 10.7 Å². The molecule has 0 unspecified atom stereocenters. The van der Waals surface area contributed by atoms with E-state index in [9.17, 15) is 4.79 Å². The van der Waals surface area contributed by atoms with Gasteiger partial charge in [-0.2, -0.15) is 4.68 Å². The normalized spacial score (nSPS) is 10.6. The summed E-state index contributed by atoms with van der Waals surface area (Å²) in [6.45, 7) is 3.98. The molecule has 0 bridgehead atoms. The Morgan fingerprint density at radius 3 is 2.52 bits per heavy atom. The summed E-state index contributed by atoms with van der Waals surface area (Å²) in [6.07, 6.45) is 0. The molecule has 3 N–H and O–H groups in total. The first-order chi connectivity index (χ1) is 11.9. The minimum Gasteiger partial charge on any atom is -0.366 e. The number of aryl methyl sites for hydroxylation is 2. The van der Waals surface area contributed by atoms with E-state index < -0.39 is 0 Å². The van der Waals surface area contributed by atoms with Crippen LogP contribution < -0.4 is 11.2 Å². The van der Waals surface area contributed by atoms with E-state index in [0.29, 0.717) is 10.3 Å². The number of nitrogens with one attached hydrogen (secondary N) is 1. The fourth-order valence-electron chi connectivity index (χ4n) is 2.52. The molecule has 0 aliphatic heterocycles. The van der Waals surface area contributed by atoms with Crippen LogP contribution in [0.15, 0.2) is 48.5 Å². The van der Waals surface area contributed by atoms with Gasteiger partial charge in [0.05, 0.1) is 5.69 Å². The number of carbonyl (C=O) groups excluding carboxylic acids is 1. The number of Topliss-reactive ketones (excluding diaryl/α,β-unsaturated/α-hetero) is 1. The summed E-state index contributed by atoms with van der Waals surface area (Å²) >= 11 is 5.41. The summed E-state index contributed by atoms with van der Waals surface area (Å²) in [5.41, 5.74) is 12.7. The topological polar surface area (TPSA) is 77.9 Å². The number of ketones is 1. The molecular weight excluding hydrogens is 334 g/mol. The van der Waals surface area contributed by atoms with Crippen LogP contribution >= 0.6 is 12.2 Å². The van der Waals surface area contributed by atoms with E-state index in [2.05, 4.69) is 10.5 Å². The molecule has 2 aromatic carbocycles. The van der Waals surface area contributed by atoms with Crippen LogP contribution in [0.4, 0.5) is 11.6 Å². The van der Waals surface area contributed by atoms with Gasteiger partial charge in [0.15, 0.2) is 5.78 Å². The fourth-order valence-corrected chi connectivity index (χ4v) is 2.77. The molecule has 0 saturated carbocycles. The quantitative estimate of drug-likeness (QED) is 0.543. The first-order valence-electron chi connectivity index (χ1n) is 7.83. The van der Waals surface area contributed by atoms with Crippen LogP contribution in [0.1, 0.15) is 21.5 Å². The second-order valence-corrected chi connectivity index (χ2v) is 6.27. The van der Waals surface area contributed by atoms with Crippen molar-refractivity contribution in [3.8, 4) is 0 Å². The van der Waals surface area contributed by atoms with Crippen molar-refractivity contribution in [2.75, 3.05) is 11.2 Å². The number of nitrogens with two attached hydrogens (primary N) is 1. The van der Waals surface area contributed by atoms with Crippen LogP contribution in [0.3, 0.4) is 0 Å². The largest absolute Gasteiger partial charge is 0.366 e. The van der Waals surface area contributed by atoms with E-state index in [4.69, 9.17) is 18.0 Å². The Hall–Kier alpha value is -2.93. The Morgan fingerprint density at radius 2 is 1.84 bits per heavy atom. The SMILES string of the molecule is Cc1cccc(Nn2c(N)nn(CC(=O)c3cccc(C)c3)c2=S)c1. The monoisotopic (exact) mass is 353 g/mol. The van der Waals surface area contributed by atoms with Crippen molar-refractivity contribution in [1.82, 2.24) is 14.5 Å². The van der Waals surface area contributed by atoms with E-state index in [0.717, 1.165) is 16.8 Å². The fraction of sp³-hybridized carbons (Fsp3) is 0.167. The molecule has 1 aromatic heterocycles. The van der Waals surface area contributed by atoms with Crippen molar-refractivity contribution in [2.24, 2.45) is 0 Å².